The molecule has 0 amide bonds. The SMILES string of the molecule is CS(=O)(=O)Cc1cc(=O)[nH]c(-c2ccc3[nH]ccc3c2)n1. The number of fused-ring (bicyclic) bond motifs is 1. The average Bonchev–Trinajstić information content (AvgIpc) is 2.82. The molecular weight excluding hydrogens is 290 g/mol. The second-order valence-corrected chi connectivity index (χ2v) is 7.08. The molecule has 0 bridgehead atoms. The molecule has 0 unspecified atom stereocenters. The molecule has 3 rings (SSSR count). The van der Waals surface area contributed by atoms with Crippen LogP contribution in [-0.4, -0.2) is 29.6 Å². The van der Waals surface area contributed by atoms with Crippen molar-refractivity contribution < 1.29 is 8.42 Å². The van der Waals surface area contributed by atoms with Gasteiger partial charge in [-0.25, -0.2) is 13.4 Å². The van der Waals surface area contributed by atoms with Gasteiger partial charge in [0.05, 0.1) is 11.4 Å². The average molecular weight is 303 g/mol. The van der Waals surface area contributed by atoms with E-state index in [1.165, 1.54) is 6.07 Å². The van der Waals surface area contributed by atoms with E-state index in [0.717, 1.165) is 22.7 Å². The van der Waals surface area contributed by atoms with Gasteiger partial charge in [0.1, 0.15) is 5.82 Å². The van der Waals surface area contributed by atoms with E-state index in [1.807, 2.05) is 30.5 Å². The Hall–Kier alpha value is -2.41. The third-order valence-electron chi connectivity index (χ3n) is 3.03. The molecule has 2 aromatic heterocycles. The molecule has 0 atom stereocenters. The van der Waals surface area contributed by atoms with E-state index in [2.05, 4.69) is 15.0 Å². The quantitative estimate of drug-likeness (QED) is 0.765. The molecule has 108 valence electrons. The number of hydrogen-bond acceptors (Lipinski definition) is 4. The number of aromatic nitrogens is 3. The van der Waals surface area contributed by atoms with E-state index in [4.69, 9.17) is 0 Å². The Morgan fingerprint density at radius 1 is 1.19 bits per heavy atom. The van der Waals surface area contributed by atoms with Crippen LogP contribution >= 0.6 is 0 Å². The third-order valence-corrected chi connectivity index (χ3v) is 3.85. The summed E-state index contributed by atoms with van der Waals surface area (Å²) in [5, 5.41) is 0.990. The van der Waals surface area contributed by atoms with Crippen LogP contribution in [0.4, 0.5) is 0 Å². The van der Waals surface area contributed by atoms with Crippen LogP contribution in [0, 0.1) is 0 Å². The van der Waals surface area contributed by atoms with E-state index < -0.39 is 9.84 Å². The lowest BCUT2D eigenvalue weighted by Gasteiger charge is -2.04. The standard InChI is InChI=1S/C14H13N3O3S/c1-21(19,20)8-11-7-13(18)17-14(16-11)10-2-3-12-9(6-10)4-5-15-12/h2-7,15H,8H2,1H3,(H,16,17,18). The Kier molecular flexibility index (Phi) is 3.13. The minimum atomic E-state index is -3.24. The number of aromatic amines is 2. The summed E-state index contributed by atoms with van der Waals surface area (Å²) in [6.45, 7) is 0. The zero-order valence-corrected chi connectivity index (χ0v) is 12.1. The molecule has 0 radical (unpaired) electrons. The van der Waals surface area contributed by atoms with Crippen molar-refractivity contribution in [3.8, 4) is 11.4 Å². The van der Waals surface area contributed by atoms with Crippen molar-refractivity contribution in [2.24, 2.45) is 0 Å². The summed E-state index contributed by atoms with van der Waals surface area (Å²) < 4.78 is 22.7. The lowest BCUT2D eigenvalue weighted by atomic mass is 10.1. The minimum Gasteiger partial charge on any atom is -0.361 e. The first kappa shape index (κ1) is 13.6. The Labute approximate surface area is 120 Å². The van der Waals surface area contributed by atoms with Gasteiger partial charge in [-0.1, -0.05) is 0 Å². The molecule has 0 saturated heterocycles. The van der Waals surface area contributed by atoms with Gasteiger partial charge in [-0.05, 0) is 24.3 Å². The van der Waals surface area contributed by atoms with Gasteiger partial charge >= 0.3 is 0 Å². The van der Waals surface area contributed by atoms with Crippen molar-refractivity contribution >= 4 is 20.7 Å². The van der Waals surface area contributed by atoms with Crippen molar-refractivity contribution in [3.05, 3.63) is 52.6 Å². The van der Waals surface area contributed by atoms with Gasteiger partial charge in [0.15, 0.2) is 9.84 Å². The Balaban J connectivity index is 2.10. The maximum absolute atomic E-state index is 11.7. The number of benzene rings is 1. The fourth-order valence-electron chi connectivity index (χ4n) is 2.19. The van der Waals surface area contributed by atoms with Gasteiger partial charge in [-0.2, -0.15) is 0 Å². The highest BCUT2D eigenvalue weighted by molar-refractivity contribution is 7.89. The summed E-state index contributed by atoms with van der Waals surface area (Å²) in [6, 6.07) is 8.71. The fraction of sp³-hybridized carbons (Fsp3) is 0.143. The Morgan fingerprint density at radius 3 is 2.76 bits per heavy atom. The molecule has 0 spiro atoms. The predicted molar refractivity (Wildman–Crippen MR) is 80.7 cm³/mol. The molecule has 3 aromatic rings. The van der Waals surface area contributed by atoms with Gasteiger partial charge in [0, 0.05) is 35.0 Å². The number of rotatable bonds is 3. The highest BCUT2D eigenvalue weighted by atomic mass is 32.2. The molecule has 2 heterocycles. The van der Waals surface area contributed by atoms with E-state index in [9.17, 15) is 13.2 Å². The molecule has 0 aliphatic carbocycles. The van der Waals surface area contributed by atoms with E-state index in [1.54, 1.807) is 0 Å². The second-order valence-electron chi connectivity index (χ2n) is 4.94. The molecule has 7 heteroatoms. The number of H-pyrrole nitrogens is 2. The van der Waals surface area contributed by atoms with Crippen LogP contribution in [0.2, 0.25) is 0 Å². The smallest absolute Gasteiger partial charge is 0.251 e. The maximum Gasteiger partial charge on any atom is 0.251 e. The van der Waals surface area contributed by atoms with E-state index in [-0.39, 0.29) is 17.0 Å². The molecule has 0 saturated carbocycles. The second kappa shape index (κ2) is 4.85. The van der Waals surface area contributed by atoms with E-state index >= 15 is 0 Å². The van der Waals surface area contributed by atoms with Crippen LogP contribution in [0.25, 0.3) is 22.3 Å². The molecule has 0 aliphatic heterocycles. The summed E-state index contributed by atoms with van der Waals surface area (Å²) in [5.41, 5.74) is 1.58. The molecule has 1 aromatic carbocycles. The zero-order chi connectivity index (χ0) is 15.0. The van der Waals surface area contributed by atoms with Crippen LogP contribution in [0.3, 0.4) is 0 Å². The topological polar surface area (TPSA) is 95.7 Å². The number of sulfone groups is 1. The normalized spacial score (nSPS) is 11.9. The highest BCUT2D eigenvalue weighted by Gasteiger charge is 2.10. The van der Waals surface area contributed by atoms with Crippen molar-refractivity contribution in [1.82, 2.24) is 15.0 Å². The summed E-state index contributed by atoms with van der Waals surface area (Å²) >= 11 is 0. The zero-order valence-electron chi connectivity index (χ0n) is 11.3. The number of nitrogens with one attached hydrogen (secondary N) is 2. The van der Waals surface area contributed by atoms with Gasteiger partial charge in [0.25, 0.3) is 5.56 Å². The van der Waals surface area contributed by atoms with Gasteiger partial charge in [0.2, 0.25) is 0 Å². The van der Waals surface area contributed by atoms with Crippen LogP contribution in [-0.2, 0) is 15.6 Å². The number of hydrogen-bond donors (Lipinski definition) is 2. The van der Waals surface area contributed by atoms with Crippen molar-refractivity contribution in [3.63, 3.8) is 0 Å². The highest BCUT2D eigenvalue weighted by Crippen LogP contribution is 2.20. The van der Waals surface area contributed by atoms with Crippen LogP contribution in [0.1, 0.15) is 5.69 Å². The van der Waals surface area contributed by atoms with Crippen molar-refractivity contribution in [2.75, 3.05) is 6.26 Å². The fourth-order valence-corrected chi connectivity index (χ4v) is 2.87. The van der Waals surface area contributed by atoms with Gasteiger partial charge < -0.3 is 9.97 Å². The summed E-state index contributed by atoms with van der Waals surface area (Å²) in [6.07, 6.45) is 2.94. The summed E-state index contributed by atoms with van der Waals surface area (Å²) in [7, 11) is -3.24. The molecular formula is C14H13N3O3S. The molecule has 6 nitrogen and oxygen atoms in total. The Morgan fingerprint density at radius 2 is 2.00 bits per heavy atom. The third kappa shape index (κ3) is 3.03. The monoisotopic (exact) mass is 303 g/mol. The predicted octanol–water partition coefficient (Wildman–Crippen LogP) is 1.46. The summed E-state index contributed by atoms with van der Waals surface area (Å²) in [4.78, 5) is 21.6. The van der Waals surface area contributed by atoms with Crippen molar-refractivity contribution in [1.29, 1.82) is 0 Å². The van der Waals surface area contributed by atoms with Gasteiger partial charge in [-0.15, -0.1) is 0 Å². The van der Waals surface area contributed by atoms with Gasteiger partial charge in [-0.3, -0.25) is 4.79 Å². The Bertz CT molecular complexity index is 970. The summed E-state index contributed by atoms with van der Waals surface area (Å²) in [5.74, 6) is 0.111. The van der Waals surface area contributed by atoms with Crippen LogP contribution < -0.4 is 5.56 Å². The minimum absolute atomic E-state index is 0.241. The first-order valence-corrected chi connectivity index (χ1v) is 8.32. The van der Waals surface area contributed by atoms with E-state index in [0.29, 0.717) is 5.82 Å². The first-order chi connectivity index (χ1) is 9.90. The first-order valence-electron chi connectivity index (χ1n) is 6.26. The molecule has 0 fully saturated rings. The lowest BCUT2D eigenvalue weighted by Crippen LogP contribution is -2.13. The number of nitrogens with zero attached hydrogens (tertiary/aromatic N) is 1. The largest absolute Gasteiger partial charge is 0.361 e. The van der Waals surface area contributed by atoms with Crippen LogP contribution in [0.5, 0.6) is 0 Å². The molecule has 21 heavy (non-hydrogen) atoms. The molecule has 0 aliphatic rings. The maximum atomic E-state index is 11.7. The van der Waals surface area contributed by atoms with Crippen molar-refractivity contribution in [2.45, 2.75) is 5.75 Å². The molecule has 2 N–H and O–H groups in total. The van der Waals surface area contributed by atoms with Crippen LogP contribution in [0.15, 0.2) is 41.3 Å². The lowest BCUT2D eigenvalue weighted by molar-refractivity contribution is 0.600.